The molecule has 2 rings (SSSR count). The first kappa shape index (κ1) is 23.7. The predicted molar refractivity (Wildman–Crippen MR) is 119 cm³/mol. The van der Waals surface area contributed by atoms with Gasteiger partial charge in [0, 0.05) is 0 Å². The summed E-state index contributed by atoms with van der Waals surface area (Å²) in [5.74, 6) is 2.09. The fraction of sp³-hybridized carbons (Fsp3) is 0.962. The summed E-state index contributed by atoms with van der Waals surface area (Å²) in [6, 6.07) is 0. The zero-order chi connectivity index (χ0) is 20.0. The average molecular weight is 393 g/mol. The van der Waals surface area contributed by atoms with Crippen molar-refractivity contribution in [2.45, 2.75) is 142 Å². The Hall–Kier alpha value is -0.530. The Morgan fingerprint density at radius 1 is 0.643 bits per heavy atom. The predicted octanol–water partition coefficient (Wildman–Crippen LogP) is 8.23. The van der Waals surface area contributed by atoms with Crippen LogP contribution in [0.1, 0.15) is 136 Å². The molecule has 0 atom stereocenters. The normalized spacial score (nSPS) is 28.2. The van der Waals surface area contributed by atoms with Gasteiger partial charge in [-0.25, -0.2) is 0 Å². The molecule has 0 amide bonds. The molecule has 0 bridgehead atoms. The van der Waals surface area contributed by atoms with Gasteiger partial charge in [-0.15, -0.1) is 0 Å². The van der Waals surface area contributed by atoms with Crippen molar-refractivity contribution in [3.8, 4) is 0 Å². The molecule has 0 spiro atoms. The number of esters is 1. The minimum Gasteiger partial charge on any atom is -0.462 e. The molecule has 164 valence electrons. The molecule has 0 aromatic carbocycles. The van der Waals surface area contributed by atoms with E-state index in [2.05, 4.69) is 13.8 Å². The summed E-state index contributed by atoms with van der Waals surface area (Å²) in [5.41, 5.74) is 0. The van der Waals surface area contributed by atoms with Crippen LogP contribution in [0.3, 0.4) is 0 Å². The summed E-state index contributed by atoms with van der Waals surface area (Å²) in [5, 5.41) is 0. The molecule has 2 aliphatic carbocycles. The average Bonchev–Trinajstić information content (AvgIpc) is 2.73. The number of unbranched alkanes of at least 4 members (excludes halogenated alkanes) is 7. The summed E-state index contributed by atoms with van der Waals surface area (Å²) in [7, 11) is 0. The number of carbonyl (C=O) groups is 1. The quantitative estimate of drug-likeness (QED) is 0.233. The Bertz CT molecular complexity index is 389. The molecule has 28 heavy (non-hydrogen) atoms. The second kappa shape index (κ2) is 14.5. The Kier molecular flexibility index (Phi) is 12.3. The van der Waals surface area contributed by atoms with Gasteiger partial charge in [0.25, 0.3) is 0 Å². The molecule has 2 saturated carbocycles. The van der Waals surface area contributed by atoms with E-state index in [0.717, 1.165) is 37.5 Å². The van der Waals surface area contributed by atoms with E-state index >= 15 is 0 Å². The highest BCUT2D eigenvalue weighted by atomic mass is 16.5. The molecule has 0 aromatic heterocycles. The van der Waals surface area contributed by atoms with Crippen LogP contribution < -0.4 is 0 Å². The first-order chi connectivity index (χ1) is 13.7. The Balaban J connectivity index is 1.53. The van der Waals surface area contributed by atoms with Gasteiger partial charge in [0.05, 0.1) is 5.92 Å². The monoisotopic (exact) mass is 392 g/mol. The van der Waals surface area contributed by atoms with Crippen LogP contribution in [-0.4, -0.2) is 12.1 Å². The van der Waals surface area contributed by atoms with E-state index in [4.69, 9.17) is 4.74 Å². The van der Waals surface area contributed by atoms with E-state index in [1.807, 2.05) is 0 Å². The SMILES string of the molecule is CCCCCCCC1CCC(OC(=O)[C@H]2CC[C@H](CCCCCC)CC2)CC1. The van der Waals surface area contributed by atoms with Crippen LogP contribution >= 0.6 is 0 Å². The van der Waals surface area contributed by atoms with Crippen molar-refractivity contribution in [2.24, 2.45) is 17.8 Å². The molecule has 0 aromatic rings. The van der Waals surface area contributed by atoms with E-state index in [1.165, 1.54) is 96.3 Å². The Morgan fingerprint density at radius 2 is 1.11 bits per heavy atom. The first-order valence-electron chi connectivity index (χ1n) is 12.9. The Labute approximate surface area is 175 Å². The highest BCUT2D eigenvalue weighted by molar-refractivity contribution is 5.72. The van der Waals surface area contributed by atoms with Gasteiger partial charge >= 0.3 is 5.97 Å². The zero-order valence-corrected chi connectivity index (χ0v) is 19.1. The molecule has 2 nitrogen and oxygen atoms in total. The van der Waals surface area contributed by atoms with E-state index < -0.39 is 0 Å². The summed E-state index contributed by atoms with van der Waals surface area (Å²) in [4.78, 5) is 12.6. The molecule has 0 saturated heterocycles. The van der Waals surface area contributed by atoms with E-state index in [1.54, 1.807) is 0 Å². The van der Waals surface area contributed by atoms with Crippen LogP contribution in [0, 0.1) is 17.8 Å². The molecule has 0 N–H and O–H groups in total. The lowest BCUT2D eigenvalue weighted by atomic mass is 9.79. The molecule has 2 heteroatoms. The van der Waals surface area contributed by atoms with E-state index in [0.29, 0.717) is 0 Å². The zero-order valence-electron chi connectivity index (χ0n) is 19.1. The fourth-order valence-corrected chi connectivity index (χ4v) is 5.38. The van der Waals surface area contributed by atoms with E-state index in [9.17, 15) is 4.79 Å². The summed E-state index contributed by atoms with van der Waals surface area (Å²) in [6.45, 7) is 4.56. The van der Waals surface area contributed by atoms with Crippen molar-refractivity contribution >= 4 is 5.97 Å². The second-order valence-electron chi connectivity index (χ2n) is 9.85. The van der Waals surface area contributed by atoms with Gasteiger partial charge in [0.15, 0.2) is 0 Å². The second-order valence-corrected chi connectivity index (χ2v) is 9.85. The molecule has 0 aliphatic heterocycles. The molecular formula is C26H48O2. The van der Waals surface area contributed by atoms with Gasteiger partial charge in [0.1, 0.15) is 6.10 Å². The van der Waals surface area contributed by atoms with Crippen molar-refractivity contribution in [3.05, 3.63) is 0 Å². The smallest absolute Gasteiger partial charge is 0.309 e. The number of hydrogen-bond donors (Lipinski definition) is 0. The lowest BCUT2D eigenvalue weighted by Crippen LogP contribution is -2.30. The third kappa shape index (κ3) is 9.31. The van der Waals surface area contributed by atoms with Crippen LogP contribution in [0.4, 0.5) is 0 Å². The van der Waals surface area contributed by atoms with Gasteiger partial charge in [-0.2, -0.15) is 0 Å². The van der Waals surface area contributed by atoms with Gasteiger partial charge in [-0.05, 0) is 63.2 Å². The van der Waals surface area contributed by atoms with Crippen molar-refractivity contribution in [3.63, 3.8) is 0 Å². The van der Waals surface area contributed by atoms with Gasteiger partial charge in [0.2, 0.25) is 0 Å². The van der Waals surface area contributed by atoms with Crippen molar-refractivity contribution in [2.75, 3.05) is 0 Å². The molecule has 2 fully saturated rings. The number of ether oxygens (including phenoxy) is 1. The summed E-state index contributed by atoms with van der Waals surface area (Å²) >= 11 is 0. The van der Waals surface area contributed by atoms with Crippen molar-refractivity contribution in [1.82, 2.24) is 0 Å². The Morgan fingerprint density at radius 3 is 1.64 bits per heavy atom. The molecule has 0 radical (unpaired) electrons. The third-order valence-electron chi connectivity index (χ3n) is 7.44. The lowest BCUT2D eigenvalue weighted by molar-refractivity contribution is -0.157. The number of carbonyl (C=O) groups excluding carboxylic acids is 1. The summed E-state index contributed by atoms with van der Waals surface area (Å²) < 4.78 is 5.95. The maximum Gasteiger partial charge on any atom is 0.309 e. The fourth-order valence-electron chi connectivity index (χ4n) is 5.38. The van der Waals surface area contributed by atoms with Crippen molar-refractivity contribution in [1.29, 1.82) is 0 Å². The number of rotatable bonds is 13. The summed E-state index contributed by atoms with van der Waals surface area (Å²) in [6.07, 6.45) is 24.8. The molecule has 2 aliphatic rings. The van der Waals surface area contributed by atoms with Gasteiger partial charge in [-0.3, -0.25) is 4.79 Å². The minimum atomic E-state index is 0.132. The third-order valence-corrected chi connectivity index (χ3v) is 7.44. The molecule has 0 heterocycles. The van der Waals surface area contributed by atoms with Crippen LogP contribution in [0.5, 0.6) is 0 Å². The number of hydrogen-bond acceptors (Lipinski definition) is 2. The van der Waals surface area contributed by atoms with Crippen LogP contribution in [0.15, 0.2) is 0 Å². The maximum atomic E-state index is 12.6. The highest BCUT2D eigenvalue weighted by Crippen LogP contribution is 2.35. The van der Waals surface area contributed by atoms with E-state index in [-0.39, 0.29) is 18.0 Å². The molecular weight excluding hydrogens is 344 g/mol. The van der Waals surface area contributed by atoms with Crippen LogP contribution in [0.25, 0.3) is 0 Å². The minimum absolute atomic E-state index is 0.132. The molecule has 0 unspecified atom stereocenters. The van der Waals surface area contributed by atoms with Crippen molar-refractivity contribution < 1.29 is 9.53 Å². The maximum absolute atomic E-state index is 12.6. The van der Waals surface area contributed by atoms with Gasteiger partial charge in [-0.1, -0.05) is 84.5 Å². The largest absolute Gasteiger partial charge is 0.462 e. The van der Waals surface area contributed by atoms with Crippen LogP contribution in [0.2, 0.25) is 0 Å². The highest BCUT2D eigenvalue weighted by Gasteiger charge is 2.30. The van der Waals surface area contributed by atoms with Gasteiger partial charge < -0.3 is 4.74 Å². The topological polar surface area (TPSA) is 26.3 Å². The first-order valence-corrected chi connectivity index (χ1v) is 12.9. The van der Waals surface area contributed by atoms with Crippen LogP contribution in [-0.2, 0) is 9.53 Å². The lowest BCUT2D eigenvalue weighted by Gasteiger charge is -2.31. The standard InChI is InChI=1S/C26H48O2/c1-3-5-7-9-11-13-23-16-20-25(21-17-23)28-26(27)24-18-14-22(15-19-24)12-10-8-6-4-2/h22-25H,3-21H2,1-2H3/t22-,23?,24-,25?.